The van der Waals surface area contributed by atoms with E-state index in [4.69, 9.17) is 0 Å². The van der Waals surface area contributed by atoms with E-state index in [1.165, 1.54) is 5.56 Å². The van der Waals surface area contributed by atoms with Gasteiger partial charge in [-0.1, -0.05) is 6.07 Å². The molecule has 2 heterocycles. The molecule has 74 valence electrons. The summed E-state index contributed by atoms with van der Waals surface area (Å²) in [6.45, 7) is 2.98. The smallest absolute Gasteiger partial charge is 0.139 e. The van der Waals surface area contributed by atoms with Crippen LogP contribution in [-0.2, 0) is 6.54 Å². The first-order valence-corrected chi connectivity index (χ1v) is 4.75. The van der Waals surface area contributed by atoms with Crippen LogP contribution in [0.1, 0.15) is 11.3 Å². The van der Waals surface area contributed by atoms with Crippen molar-refractivity contribution in [2.24, 2.45) is 0 Å². The fourth-order valence-electron chi connectivity index (χ4n) is 1.60. The average molecular weight is 189 g/mol. The van der Waals surface area contributed by atoms with Crippen molar-refractivity contribution in [3.8, 4) is 0 Å². The van der Waals surface area contributed by atoms with Crippen molar-refractivity contribution >= 4 is 5.65 Å². The highest BCUT2D eigenvalue weighted by Crippen LogP contribution is 2.10. The predicted octanol–water partition coefficient (Wildman–Crippen LogP) is 1.70. The minimum atomic E-state index is 0.890. The number of pyridine rings is 1. The molecule has 0 aliphatic rings. The summed E-state index contributed by atoms with van der Waals surface area (Å²) in [5.41, 5.74) is 3.39. The average Bonchev–Trinajstić information content (AvgIpc) is 2.47. The van der Waals surface area contributed by atoms with Gasteiger partial charge in [0.2, 0.25) is 0 Å². The van der Waals surface area contributed by atoms with E-state index in [0.29, 0.717) is 0 Å². The number of hydrogen-bond donors (Lipinski definition) is 0. The van der Waals surface area contributed by atoms with Gasteiger partial charge in [-0.15, -0.1) is 0 Å². The van der Waals surface area contributed by atoms with E-state index in [2.05, 4.69) is 47.6 Å². The van der Waals surface area contributed by atoms with Gasteiger partial charge in [0.1, 0.15) is 5.65 Å². The Morgan fingerprint density at radius 3 is 2.86 bits per heavy atom. The fourth-order valence-corrected chi connectivity index (χ4v) is 1.60. The highest BCUT2D eigenvalue weighted by atomic mass is 15.1. The van der Waals surface area contributed by atoms with E-state index in [0.717, 1.165) is 17.9 Å². The Bertz CT molecular complexity index is 443. The standard InChI is InChI=1S/C11H15N3/c1-9-5-4-6-14-8-10(7-13(2)3)12-11(9)14/h4-6,8H,7H2,1-3H3. The Kier molecular flexibility index (Phi) is 2.25. The van der Waals surface area contributed by atoms with Crippen molar-refractivity contribution < 1.29 is 0 Å². The molecule has 0 saturated carbocycles. The molecule has 2 aromatic heterocycles. The van der Waals surface area contributed by atoms with E-state index in [1.807, 2.05) is 12.3 Å². The van der Waals surface area contributed by atoms with Crippen LogP contribution in [-0.4, -0.2) is 28.4 Å². The van der Waals surface area contributed by atoms with Gasteiger partial charge < -0.3 is 9.30 Å². The van der Waals surface area contributed by atoms with Crippen LogP contribution in [0.25, 0.3) is 5.65 Å². The Morgan fingerprint density at radius 2 is 2.21 bits per heavy atom. The van der Waals surface area contributed by atoms with Gasteiger partial charge in [-0.05, 0) is 32.6 Å². The molecule has 3 heteroatoms. The second-order valence-corrected chi connectivity index (χ2v) is 3.89. The zero-order valence-electron chi connectivity index (χ0n) is 8.86. The number of fused-ring (bicyclic) bond motifs is 1. The first-order chi connectivity index (χ1) is 6.66. The van der Waals surface area contributed by atoms with Gasteiger partial charge in [0.15, 0.2) is 0 Å². The molecule has 14 heavy (non-hydrogen) atoms. The Labute approximate surface area is 84.0 Å². The van der Waals surface area contributed by atoms with Crippen molar-refractivity contribution in [3.05, 3.63) is 35.8 Å². The summed E-state index contributed by atoms with van der Waals surface area (Å²) >= 11 is 0. The molecule has 0 aliphatic heterocycles. The first-order valence-electron chi connectivity index (χ1n) is 4.75. The topological polar surface area (TPSA) is 20.5 Å². The zero-order valence-corrected chi connectivity index (χ0v) is 8.86. The number of aryl methyl sites for hydroxylation is 1. The molecule has 0 aromatic carbocycles. The quantitative estimate of drug-likeness (QED) is 0.716. The van der Waals surface area contributed by atoms with E-state index >= 15 is 0 Å². The zero-order chi connectivity index (χ0) is 10.1. The minimum Gasteiger partial charge on any atom is -0.307 e. The lowest BCUT2D eigenvalue weighted by molar-refractivity contribution is 0.398. The van der Waals surface area contributed by atoms with Crippen molar-refractivity contribution in [1.82, 2.24) is 14.3 Å². The lowest BCUT2D eigenvalue weighted by atomic mass is 10.3. The molecule has 0 atom stereocenters. The second-order valence-electron chi connectivity index (χ2n) is 3.89. The van der Waals surface area contributed by atoms with Crippen LogP contribution < -0.4 is 0 Å². The van der Waals surface area contributed by atoms with Gasteiger partial charge in [0, 0.05) is 18.9 Å². The molecule has 2 aromatic rings. The summed E-state index contributed by atoms with van der Waals surface area (Å²) in [6.07, 6.45) is 4.12. The summed E-state index contributed by atoms with van der Waals surface area (Å²) in [5.74, 6) is 0. The van der Waals surface area contributed by atoms with Gasteiger partial charge >= 0.3 is 0 Å². The molecular weight excluding hydrogens is 174 g/mol. The van der Waals surface area contributed by atoms with E-state index in [-0.39, 0.29) is 0 Å². The summed E-state index contributed by atoms with van der Waals surface area (Å²) < 4.78 is 2.08. The first kappa shape index (κ1) is 9.21. The maximum absolute atomic E-state index is 4.57. The summed E-state index contributed by atoms with van der Waals surface area (Å²) in [4.78, 5) is 6.70. The van der Waals surface area contributed by atoms with Crippen LogP contribution in [0.4, 0.5) is 0 Å². The van der Waals surface area contributed by atoms with Crippen molar-refractivity contribution in [2.45, 2.75) is 13.5 Å². The molecule has 3 nitrogen and oxygen atoms in total. The second kappa shape index (κ2) is 3.42. The number of aromatic nitrogens is 2. The Balaban J connectivity index is 2.46. The maximum Gasteiger partial charge on any atom is 0.139 e. The number of hydrogen-bond acceptors (Lipinski definition) is 2. The molecule has 0 spiro atoms. The van der Waals surface area contributed by atoms with Gasteiger partial charge in [0.25, 0.3) is 0 Å². The van der Waals surface area contributed by atoms with Crippen LogP contribution >= 0.6 is 0 Å². The molecule has 0 fully saturated rings. The molecule has 0 amide bonds. The Hall–Kier alpha value is -1.35. The third-order valence-electron chi connectivity index (χ3n) is 2.21. The number of imidazole rings is 1. The van der Waals surface area contributed by atoms with E-state index in [1.54, 1.807) is 0 Å². The Morgan fingerprint density at radius 1 is 1.43 bits per heavy atom. The maximum atomic E-state index is 4.57. The highest BCUT2D eigenvalue weighted by molar-refractivity contribution is 5.47. The molecule has 0 N–H and O–H groups in total. The van der Waals surface area contributed by atoms with Gasteiger partial charge in [-0.3, -0.25) is 0 Å². The van der Waals surface area contributed by atoms with Crippen molar-refractivity contribution in [2.75, 3.05) is 14.1 Å². The van der Waals surface area contributed by atoms with Crippen molar-refractivity contribution in [1.29, 1.82) is 0 Å². The number of nitrogens with zero attached hydrogens (tertiary/aromatic N) is 3. The highest BCUT2D eigenvalue weighted by Gasteiger charge is 2.03. The summed E-state index contributed by atoms with van der Waals surface area (Å²) in [5, 5.41) is 0. The minimum absolute atomic E-state index is 0.890. The van der Waals surface area contributed by atoms with Crippen LogP contribution in [0.3, 0.4) is 0 Å². The van der Waals surface area contributed by atoms with E-state index in [9.17, 15) is 0 Å². The third kappa shape index (κ3) is 1.63. The van der Waals surface area contributed by atoms with Gasteiger partial charge in [-0.25, -0.2) is 4.98 Å². The number of rotatable bonds is 2. The van der Waals surface area contributed by atoms with Crippen LogP contribution in [0.2, 0.25) is 0 Å². The molecule has 2 rings (SSSR count). The van der Waals surface area contributed by atoms with Crippen LogP contribution in [0.5, 0.6) is 0 Å². The molecule has 0 aliphatic carbocycles. The van der Waals surface area contributed by atoms with Crippen molar-refractivity contribution in [3.63, 3.8) is 0 Å². The fraction of sp³-hybridized carbons (Fsp3) is 0.364. The lowest BCUT2D eigenvalue weighted by Gasteiger charge is -2.04. The van der Waals surface area contributed by atoms with Gasteiger partial charge in [-0.2, -0.15) is 0 Å². The summed E-state index contributed by atoms with van der Waals surface area (Å²) in [7, 11) is 4.10. The normalized spacial score (nSPS) is 11.4. The SMILES string of the molecule is Cc1cccn2cc(CN(C)C)nc12. The summed E-state index contributed by atoms with van der Waals surface area (Å²) in [6, 6.07) is 4.13. The predicted molar refractivity (Wildman–Crippen MR) is 57.3 cm³/mol. The van der Waals surface area contributed by atoms with E-state index < -0.39 is 0 Å². The van der Waals surface area contributed by atoms with Crippen LogP contribution in [0.15, 0.2) is 24.5 Å². The molecular formula is C11H15N3. The molecule has 0 unspecified atom stereocenters. The van der Waals surface area contributed by atoms with Gasteiger partial charge in [0.05, 0.1) is 5.69 Å². The lowest BCUT2D eigenvalue weighted by Crippen LogP contribution is -2.10. The molecule has 0 saturated heterocycles. The largest absolute Gasteiger partial charge is 0.307 e. The third-order valence-corrected chi connectivity index (χ3v) is 2.21. The molecule has 0 bridgehead atoms. The monoisotopic (exact) mass is 189 g/mol. The molecule has 0 radical (unpaired) electrons. The van der Waals surface area contributed by atoms with Crippen LogP contribution in [0, 0.1) is 6.92 Å².